The van der Waals surface area contributed by atoms with Gasteiger partial charge in [-0.2, -0.15) is 0 Å². The van der Waals surface area contributed by atoms with Gasteiger partial charge in [0, 0.05) is 12.8 Å². The monoisotopic (exact) mass is 330 g/mol. The molecule has 0 bridgehead atoms. The van der Waals surface area contributed by atoms with E-state index in [1.165, 1.54) is 38.5 Å². The molecule has 0 aromatic carbocycles. The molecule has 0 rings (SSSR count). The Balaban J connectivity index is -0.000000295. The van der Waals surface area contributed by atoms with Crippen LogP contribution in [-0.4, -0.2) is 59.9 Å². The Labute approximate surface area is 159 Å². The fourth-order valence-electron chi connectivity index (χ4n) is 1.76. The molecular formula is C16H34CaO4. The number of rotatable bonds is 12. The Bertz CT molecular complexity index is 208. The Hall–Kier alpha value is 0.200. The molecule has 0 aliphatic rings. The molecule has 0 radical (unpaired) electrons. The van der Waals surface area contributed by atoms with Crippen molar-refractivity contribution in [2.75, 3.05) is 0 Å². The van der Waals surface area contributed by atoms with Crippen LogP contribution in [0.4, 0.5) is 0 Å². The van der Waals surface area contributed by atoms with Gasteiger partial charge < -0.3 is 10.2 Å². The number of hydrogen-bond acceptors (Lipinski definition) is 2. The Kier molecular flexibility index (Phi) is 28.0. The van der Waals surface area contributed by atoms with E-state index in [1.807, 2.05) is 0 Å². The van der Waals surface area contributed by atoms with Crippen molar-refractivity contribution in [1.82, 2.24) is 0 Å². The fraction of sp³-hybridized carbons (Fsp3) is 0.875. The van der Waals surface area contributed by atoms with Crippen LogP contribution >= 0.6 is 0 Å². The standard InChI is InChI=1S/2C8H16O2.Ca.2H/c2*1-2-3-4-5-6-7-8(9)10;;;/h2*2-7H2,1H3,(H,9,10);;;. The molecule has 0 atom stereocenters. The third-order valence-electron chi connectivity index (χ3n) is 2.99. The first-order chi connectivity index (χ1) is 9.54. The van der Waals surface area contributed by atoms with E-state index in [-0.39, 0.29) is 37.7 Å². The van der Waals surface area contributed by atoms with Gasteiger partial charge in [-0.05, 0) is 12.8 Å². The topological polar surface area (TPSA) is 74.6 Å². The van der Waals surface area contributed by atoms with Gasteiger partial charge in [-0.3, -0.25) is 9.59 Å². The van der Waals surface area contributed by atoms with Crippen LogP contribution in [0.1, 0.15) is 90.9 Å². The van der Waals surface area contributed by atoms with E-state index in [0.29, 0.717) is 12.8 Å². The zero-order valence-corrected chi connectivity index (χ0v) is 13.2. The van der Waals surface area contributed by atoms with Gasteiger partial charge in [-0.25, -0.2) is 0 Å². The average Bonchev–Trinajstić information content (AvgIpc) is 2.38. The number of carboxylic acid groups (broad SMARTS) is 2. The van der Waals surface area contributed by atoms with Crippen LogP contribution in [0.2, 0.25) is 0 Å². The summed E-state index contributed by atoms with van der Waals surface area (Å²) in [5, 5.41) is 16.5. The molecule has 0 aromatic heterocycles. The molecule has 0 aliphatic carbocycles. The second-order valence-corrected chi connectivity index (χ2v) is 5.12. The van der Waals surface area contributed by atoms with Gasteiger partial charge in [0.15, 0.2) is 0 Å². The van der Waals surface area contributed by atoms with E-state index in [1.54, 1.807) is 0 Å². The van der Waals surface area contributed by atoms with Crippen LogP contribution in [0.15, 0.2) is 0 Å². The average molecular weight is 331 g/mol. The first-order valence-electron chi connectivity index (χ1n) is 7.98. The summed E-state index contributed by atoms with van der Waals surface area (Å²) in [7, 11) is 0. The molecule has 0 saturated carbocycles. The fourth-order valence-corrected chi connectivity index (χ4v) is 1.76. The summed E-state index contributed by atoms with van der Waals surface area (Å²) < 4.78 is 0. The summed E-state index contributed by atoms with van der Waals surface area (Å²) >= 11 is 0. The summed E-state index contributed by atoms with van der Waals surface area (Å²) in [6.45, 7) is 4.30. The molecule has 0 aliphatic heterocycles. The second kappa shape index (κ2) is 22.5. The number of unbranched alkanes of at least 4 members (excludes halogenated alkanes) is 8. The summed E-state index contributed by atoms with van der Waals surface area (Å²) in [6.07, 6.45) is 11.8. The van der Waals surface area contributed by atoms with Crippen LogP contribution < -0.4 is 0 Å². The third-order valence-corrected chi connectivity index (χ3v) is 2.99. The first-order valence-corrected chi connectivity index (χ1v) is 7.98. The summed E-state index contributed by atoms with van der Waals surface area (Å²) in [5.74, 6) is -1.34. The Morgan fingerprint density at radius 2 is 0.905 bits per heavy atom. The number of hydrogen-bond donors (Lipinski definition) is 2. The van der Waals surface area contributed by atoms with E-state index in [2.05, 4.69) is 13.8 Å². The van der Waals surface area contributed by atoms with Crippen molar-refractivity contribution in [2.24, 2.45) is 0 Å². The minimum absolute atomic E-state index is 0. The SMILES string of the molecule is CCCCCCCC(=O)O.CCCCCCCC(=O)O.[CaH2]. The molecule has 0 saturated heterocycles. The van der Waals surface area contributed by atoms with Gasteiger partial charge in [-0.1, -0.05) is 65.2 Å². The molecular weight excluding hydrogens is 296 g/mol. The van der Waals surface area contributed by atoms with Crippen LogP contribution in [0, 0.1) is 0 Å². The van der Waals surface area contributed by atoms with Gasteiger partial charge in [0.1, 0.15) is 0 Å². The van der Waals surface area contributed by atoms with E-state index in [4.69, 9.17) is 10.2 Å². The molecule has 0 heterocycles. The minimum atomic E-state index is -0.670. The normalized spacial score (nSPS) is 9.24. The zero-order chi connectivity index (χ0) is 15.6. The summed E-state index contributed by atoms with van der Waals surface area (Å²) in [4.78, 5) is 20.1. The van der Waals surface area contributed by atoms with Gasteiger partial charge in [0.2, 0.25) is 0 Å². The van der Waals surface area contributed by atoms with E-state index in [9.17, 15) is 9.59 Å². The van der Waals surface area contributed by atoms with Crippen molar-refractivity contribution < 1.29 is 19.8 Å². The Morgan fingerprint density at radius 3 is 1.14 bits per heavy atom. The van der Waals surface area contributed by atoms with Crippen LogP contribution in [-0.2, 0) is 9.59 Å². The zero-order valence-electron chi connectivity index (χ0n) is 13.2. The van der Waals surface area contributed by atoms with Crippen LogP contribution in [0.25, 0.3) is 0 Å². The molecule has 5 heteroatoms. The maximum absolute atomic E-state index is 10.0. The van der Waals surface area contributed by atoms with E-state index in [0.717, 1.165) is 25.7 Å². The van der Waals surface area contributed by atoms with Gasteiger partial charge in [0.05, 0.1) is 0 Å². The molecule has 4 nitrogen and oxygen atoms in total. The number of carbonyl (C=O) groups is 2. The first kappa shape index (κ1) is 26.1. The number of aliphatic carboxylic acids is 2. The molecule has 0 amide bonds. The number of carboxylic acids is 2. The third kappa shape index (κ3) is 33.2. The van der Waals surface area contributed by atoms with Gasteiger partial charge >= 0.3 is 49.7 Å². The van der Waals surface area contributed by atoms with Crippen LogP contribution in [0.5, 0.6) is 0 Å². The van der Waals surface area contributed by atoms with E-state index < -0.39 is 11.9 Å². The molecule has 2 N–H and O–H groups in total. The predicted molar refractivity (Wildman–Crippen MR) is 90.6 cm³/mol. The summed E-state index contributed by atoms with van der Waals surface area (Å²) in [5.41, 5.74) is 0. The van der Waals surface area contributed by atoms with Crippen LogP contribution in [0.3, 0.4) is 0 Å². The van der Waals surface area contributed by atoms with Gasteiger partial charge in [0.25, 0.3) is 0 Å². The van der Waals surface area contributed by atoms with Crippen molar-refractivity contribution in [3.8, 4) is 0 Å². The molecule has 0 aromatic rings. The quantitative estimate of drug-likeness (QED) is 0.420. The molecule has 0 spiro atoms. The van der Waals surface area contributed by atoms with Crippen molar-refractivity contribution in [3.63, 3.8) is 0 Å². The van der Waals surface area contributed by atoms with Crippen molar-refractivity contribution in [2.45, 2.75) is 90.9 Å². The van der Waals surface area contributed by atoms with Crippen molar-refractivity contribution in [3.05, 3.63) is 0 Å². The summed E-state index contributed by atoms with van der Waals surface area (Å²) in [6, 6.07) is 0. The predicted octanol–water partition coefficient (Wildman–Crippen LogP) is 3.95. The Morgan fingerprint density at radius 1 is 0.619 bits per heavy atom. The molecule has 21 heavy (non-hydrogen) atoms. The molecule has 0 fully saturated rings. The maximum atomic E-state index is 10.0. The van der Waals surface area contributed by atoms with Crippen molar-refractivity contribution in [1.29, 1.82) is 0 Å². The van der Waals surface area contributed by atoms with E-state index >= 15 is 0 Å². The van der Waals surface area contributed by atoms with Gasteiger partial charge in [-0.15, -0.1) is 0 Å². The second-order valence-electron chi connectivity index (χ2n) is 5.12. The molecule has 124 valence electrons. The molecule has 0 unspecified atom stereocenters. The van der Waals surface area contributed by atoms with Crippen molar-refractivity contribution >= 4 is 49.7 Å².